The van der Waals surface area contributed by atoms with Crippen LogP contribution in [0.5, 0.6) is 0 Å². The van der Waals surface area contributed by atoms with Crippen molar-refractivity contribution < 1.29 is 28.6 Å². The van der Waals surface area contributed by atoms with Gasteiger partial charge in [-0.2, -0.15) is 0 Å². The molecule has 54 heavy (non-hydrogen) atoms. The van der Waals surface area contributed by atoms with E-state index in [0.717, 1.165) is 128 Å². The molecule has 0 fully saturated rings. The minimum absolute atomic E-state index is 0.0886. The molecule has 0 amide bonds. The van der Waals surface area contributed by atoms with Gasteiger partial charge in [0.1, 0.15) is 13.2 Å². The molecule has 0 N–H and O–H groups in total. The van der Waals surface area contributed by atoms with E-state index in [-0.39, 0.29) is 31.1 Å². The SMILES string of the molecule is CC/C=C\C/C=C\CCCCCCCCCC(=O)OCC(COC(=O)CCCCCC/C=C\CCCC)OC(=O)CCCCCCC/C=C\C/C=C\CC. The van der Waals surface area contributed by atoms with Crippen LogP contribution in [0.2, 0.25) is 0 Å². The van der Waals surface area contributed by atoms with E-state index in [0.29, 0.717) is 19.3 Å². The molecule has 0 aromatic carbocycles. The summed E-state index contributed by atoms with van der Waals surface area (Å²) in [5, 5.41) is 0. The van der Waals surface area contributed by atoms with Gasteiger partial charge in [0.05, 0.1) is 0 Å². The first-order valence-electron chi connectivity index (χ1n) is 22.3. The Labute approximate surface area is 332 Å². The molecular formula is C48H82O6. The van der Waals surface area contributed by atoms with E-state index in [2.05, 4.69) is 81.5 Å². The van der Waals surface area contributed by atoms with Crippen LogP contribution in [0, 0.1) is 0 Å². The second-order valence-electron chi connectivity index (χ2n) is 14.5. The zero-order chi connectivity index (χ0) is 39.4. The van der Waals surface area contributed by atoms with E-state index in [1.54, 1.807) is 0 Å². The Morgan fingerprint density at radius 2 is 0.722 bits per heavy atom. The van der Waals surface area contributed by atoms with Crippen LogP contribution in [0.25, 0.3) is 0 Å². The van der Waals surface area contributed by atoms with Crippen LogP contribution in [0.4, 0.5) is 0 Å². The molecule has 1 atom stereocenters. The largest absolute Gasteiger partial charge is 0.462 e. The number of ether oxygens (including phenoxy) is 3. The van der Waals surface area contributed by atoms with Gasteiger partial charge in [0.15, 0.2) is 6.10 Å². The number of hydrogen-bond donors (Lipinski definition) is 0. The summed E-state index contributed by atoms with van der Waals surface area (Å²) in [5.41, 5.74) is 0. The predicted octanol–water partition coefficient (Wildman–Crippen LogP) is 14.1. The number of carbonyl (C=O) groups is 3. The molecule has 0 heterocycles. The van der Waals surface area contributed by atoms with Crippen LogP contribution >= 0.6 is 0 Å². The van der Waals surface area contributed by atoms with Crippen molar-refractivity contribution in [3.8, 4) is 0 Å². The Balaban J connectivity index is 4.41. The van der Waals surface area contributed by atoms with Gasteiger partial charge in [-0.25, -0.2) is 0 Å². The molecule has 0 radical (unpaired) electrons. The highest BCUT2D eigenvalue weighted by atomic mass is 16.6. The molecular weight excluding hydrogens is 673 g/mol. The van der Waals surface area contributed by atoms with Gasteiger partial charge in [-0.1, -0.05) is 159 Å². The van der Waals surface area contributed by atoms with Gasteiger partial charge in [-0.15, -0.1) is 0 Å². The Kier molecular flexibility index (Phi) is 40.6. The van der Waals surface area contributed by atoms with Gasteiger partial charge in [0.2, 0.25) is 0 Å². The van der Waals surface area contributed by atoms with E-state index in [1.807, 2.05) is 0 Å². The highest BCUT2D eigenvalue weighted by molar-refractivity contribution is 5.71. The van der Waals surface area contributed by atoms with Gasteiger partial charge in [0.25, 0.3) is 0 Å². The number of rotatable bonds is 39. The summed E-state index contributed by atoms with van der Waals surface area (Å²) < 4.78 is 16.7. The number of esters is 3. The Bertz CT molecular complexity index is 1010. The first-order chi connectivity index (χ1) is 26.5. The molecule has 0 rings (SSSR count). The maximum atomic E-state index is 12.7. The molecule has 1 unspecified atom stereocenters. The van der Waals surface area contributed by atoms with Gasteiger partial charge < -0.3 is 14.2 Å². The van der Waals surface area contributed by atoms with Crippen LogP contribution in [0.3, 0.4) is 0 Å². The fraction of sp³-hybridized carbons (Fsp3) is 0.729. The molecule has 0 aliphatic heterocycles. The third kappa shape index (κ3) is 40.3. The van der Waals surface area contributed by atoms with Crippen molar-refractivity contribution in [3.05, 3.63) is 60.8 Å². The number of carbonyl (C=O) groups excluding carboxylic acids is 3. The second kappa shape index (κ2) is 42.8. The lowest BCUT2D eigenvalue weighted by Gasteiger charge is -2.18. The Hall–Kier alpha value is -2.89. The minimum atomic E-state index is -0.786. The Morgan fingerprint density at radius 3 is 1.13 bits per heavy atom. The van der Waals surface area contributed by atoms with E-state index in [1.165, 1.54) is 38.5 Å². The van der Waals surface area contributed by atoms with E-state index < -0.39 is 6.10 Å². The van der Waals surface area contributed by atoms with Crippen LogP contribution in [0.15, 0.2) is 60.8 Å². The van der Waals surface area contributed by atoms with Crippen molar-refractivity contribution in [2.24, 2.45) is 0 Å². The van der Waals surface area contributed by atoms with E-state index in [9.17, 15) is 14.4 Å². The fourth-order valence-corrected chi connectivity index (χ4v) is 5.91. The predicted molar refractivity (Wildman–Crippen MR) is 228 cm³/mol. The molecule has 6 nitrogen and oxygen atoms in total. The first-order valence-corrected chi connectivity index (χ1v) is 22.3. The maximum absolute atomic E-state index is 12.7. The van der Waals surface area contributed by atoms with Gasteiger partial charge in [0, 0.05) is 19.3 Å². The molecule has 0 aromatic rings. The van der Waals surface area contributed by atoms with Crippen molar-refractivity contribution >= 4 is 17.9 Å². The third-order valence-corrected chi connectivity index (χ3v) is 9.24. The molecule has 0 saturated carbocycles. The molecule has 0 bridgehead atoms. The quantitative estimate of drug-likeness (QED) is 0.0269. The molecule has 0 aromatic heterocycles. The zero-order valence-electron chi connectivity index (χ0n) is 35.2. The summed E-state index contributed by atoms with van der Waals surface area (Å²) in [6.07, 6.45) is 50.6. The summed E-state index contributed by atoms with van der Waals surface area (Å²) >= 11 is 0. The molecule has 0 aliphatic rings. The summed E-state index contributed by atoms with van der Waals surface area (Å²) in [5.74, 6) is -0.931. The highest BCUT2D eigenvalue weighted by Gasteiger charge is 2.19. The lowest BCUT2D eigenvalue weighted by Crippen LogP contribution is -2.30. The first kappa shape index (κ1) is 51.1. The number of allylic oxidation sites excluding steroid dienone is 10. The summed E-state index contributed by atoms with van der Waals surface area (Å²) in [7, 11) is 0. The molecule has 0 spiro atoms. The summed E-state index contributed by atoms with van der Waals surface area (Å²) in [4.78, 5) is 37.7. The lowest BCUT2D eigenvalue weighted by atomic mass is 10.1. The summed E-state index contributed by atoms with van der Waals surface area (Å²) in [6.45, 7) is 6.33. The lowest BCUT2D eigenvalue weighted by molar-refractivity contribution is -0.167. The fourth-order valence-electron chi connectivity index (χ4n) is 5.91. The maximum Gasteiger partial charge on any atom is 0.306 e. The molecule has 0 saturated heterocycles. The highest BCUT2D eigenvalue weighted by Crippen LogP contribution is 2.13. The summed E-state index contributed by atoms with van der Waals surface area (Å²) in [6, 6.07) is 0. The normalized spacial score (nSPS) is 12.6. The standard InChI is InChI=1S/C48H82O6/c1-4-7-10-13-16-19-22-24-25-27-29-32-35-38-41-47(50)53-44-45(43-52-46(49)40-37-34-31-28-21-18-15-12-9-6-3)54-48(51)42-39-36-33-30-26-23-20-17-14-11-8-5-2/h7-8,10-11,15-20,45H,4-6,9,12-14,21-44H2,1-3H3/b10-7-,11-8-,18-15-,19-16-,20-17-. The van der Waals surface area contributed by atoms with Crippen molar-refractivity contribution in [1.82, 2.24) is 0 Å². The van der Waals surface area contributed by atoms with Crippen LogP contribution < -0.4 is 0 Å². The van der Waals surface area contributed by atoms with Crippen molar-refractivity contribution in [3.63, 3.8) is 0 Å². The second-order valence-corrected chi connectivity index (χ2v) is 14.5. The average molecular weight is 755 g/mol. The molecule has 310 valence electrons. The molecule has 0 aliphatic carbocycles. The Morgan fingerprint density at radius 1 is 0.389 bits per heavy atom. The minimum Gasteiger partial charge on any atom is -0.462 e. The van der Waals surface area contributed by atoms with Gasteiger partial charge in [-0.3, -0.25) is 14.4 Å². The van der Waals surface area contributed by atoms with Gasteiger partial charge >= 0.3 is 17.9 Å². The number of unbranched alkanes of at least 4 members (excludes halogenated alkanes) is 18. The van der Waals surface area contributed by atoms with Crippen LogP contribution in [0.1, 0.15) is 207 Å². The zero-order valence-corrected chi connectivity index (χ0v) is 35.2. The van der Waals surface area contributed by atoms with Crippen molar-refractivity contribution in [1.29, 1.82) is 0 Å². The topological polar surface area (TPSA) is 78.9 Å². The van der Waals surface area contributed by atoms with Crippen molar-refractivity contribution in [2.45, 2.75) is 213 Å². The monoisotopic (exact) mass is 755 g/mol. The van der Waals surface area contributed by atoms with Crippen molar-refractivity contribution in [2.75, 3.05) is 13.2 Å². The van der Waals surface area contributed by atoms with E-state index in [4.69, 9.17) is 14.2 Å². The average Bonchev–Trinajstić information content (AvgIpc) is 3.17. The molecule has 6 heteroatoms. The van der Waals surface area contributed by atoms with E-state index >= 15 is 0 Å². The third-order valence-electron chi connectivity index (χ3n) is 9.24. The van der Waals surface area contributed by atoms with Crippen LogP contribution in [-0.4, -0.2) is 37.2 Å². The van der Waals surface area contributed by atoms with Gasteiger partial charge in [-0.05, 0) is 89.9 Å². The smallest absolute Gasteiger partial charge is 0.306 e. The van der Waals surface area contributed by atoms with Crippen LogP contribution in [-0.2, 0) is 28.6 Å². The number of hydrogen-bond acceptors (Lipinski definition) is 6.